The highest BCUT2D eigenvalue weighted by Crippen LogP contribution is 2.30. The quantitative estimate of drug-likeness (QED) is 0.492. The number of fused-ring (bicyclic) bond motifs is 1. The molecule has 0 radical (unpaired) electrons. The molecule has 2 aromatic carbocycles. The summed E-state index contributed by atoms with van der Waals surface area (Å²) in [6.07, 6.45) is 0. The molecule has 0 fully saturated rings. The summed E-state index contributed by atoms with van der Waals surface area (Å²) < 4.78 is 1.83. The highest BCUT2D eigenvalue weighted by molar-refractivity contribution is 6.31. The Bertz CT molecular complexity index is 1260. The van der Waals surface area contributed by atoms with Gasteiger partial charge < -0.3 is 5.32 Å². The van der Waals surface area contributed by atoms with E-state index in [-0.39, 0.29) is 5.91 Å². The van der Waals surface area contributed by atoms with E-state index in [1.165, 1.54) is 0 Å². The highest BCUT2D eigenvalue weighted by Gasteiger charge is 2.19. The summed E-state index contributed by atoms with van der Waals surface area (Å²) in [4.78, 5) is 18.1. The number of carbonyl (C=O) groups is 1. The molecule has 0 bridgehead atoms. The van der Waals surface area contributed by atoms with E-state index in [0.29, 0.717) is 16.3 Å². The highest BCUT2D eigenvalue weighted by atomic mass is 35.5. The lowest BCUT2D eigenvalue weighted by Crippen LogP contribution is -2.14. The molecule has 0 aliphatic heterocycles. The number of nitrogens with zero attached hydrogens (tertiary/aromatic N) is 3. The van der Waals surface area contributed by atoms with E-state index in [4.69, 9.17) is 16.6 Å². The van der Waals surface area contributed by atoms with Crippen LogP contribution in [0.5, 0.6) is 0 Å². The number of para-hydroxylation sites is 1. The first-order chi connectivity index (χ1) is 13.8. The molecule has 4 rings (SSSR count). The summed E-state index contributed by atoms with van der Waals surface area (Å²) in [7, 11) is 1.91. The Kier molecular flexibility index (Phi) is 4.84. The van der Waals surface area contributed by atoms with Crippen molar-refractivity contribution in [3.05, 3.63) is 76.1 Å². The molecule has 0 unspecified atom stereocenters. The molecule has 1 amide bonds. The second-order valence-corrected chi connectivity index (χ2v) is 7.59. The number of pyridine rings is 1. The smallest absolute Gasteiger partial charge is 0.256 e. The Labute approximate surface area is 174 Å². The van der Waals surface area contributed by atoms with Crippen LogP contribution < -0.4 is 5.32 Å². The summed E-state index contributed by atoms with van der Waals surface area (Å²) in [5.41, 5.74) is 6.53. The summed E-state index contributed by atoms with van der Waals surface area (Å²) in [5.74, 6) is -0.200. The van der Waals surface area contributed by atoms with Gasteiger partial charge in [-0.2, -0.15) is 5.10 Å². The maximum Gasteiger partial charge on any atom is 0.256 e. The fourth-order valence-electron chi connectivity index (χ4n) is 3.55. The van der Waals surface area contributed by atoms with E-state index in [1.807, 2.05) is 68.9 Å². The molecule has 5 nitrogen and oxygen atoms in total. The molecular formula is C23H21ClN4O. The van der Waals surface area contributed by atoms with Gasteiger partial charge in [0, 0.05) is 34.4 Å². The van der Waals surface area contributed by atoms with E-state index < -0.39 is 0 Å². The zero-order valence-electron chi connectivity index (χ0n) is 16.7. The van der Waals surface area contributed by atoms with Crippen LogP contribution in [0.1, 0.15) is 27.3 Å². The van der Waals surface area contributed by atoms with Crippen molar-refractivity contribution in [2.75, 3.05) is 5.32 Å². The number of carbonyl (C=O) groups excluding carboxylic acids is 1. The standard InChI is InChI=1S/C23H21ClN4O/c1-13-9-10-16(24)11-20(13)26-23(29)18-12-21(22-14(2)27-28(4)15(22)3)25-19-8-6-5-7-17(18)19/h5-12H,1-4H3,(H,26,29). The maximum atomic E-state index is 13.2. The topological polar surface area (TPSA) is 59.8 Å². The lowest BCUT2D eigenvalue weighted by atomic mass is 10.0. The van der Waals surface area contributed by atoms with Gasteiger partial charge >= 0.3 is 0 Å². The lowest BCUT2D eigenvalue weighted by molar-refractivity contribution is 0.102. The molecule has 29 heavy (non-hydrogen) atoms. The van der Waals surface area contributed by atoms with Crippen molar-refractivity contribution in [1.29, 1.82) is 0 Å². The third-order valence-electron chi connectivity index (χ3n) is 5.17. The Morgan fingerprint density at radius 1 is 1.07 bits per heavy atom. The largest absolute Gasteiger partial charge is 0.322 e. The Balaban J connectivity index is 1.87. The van der Waals surface area contributed by atoms with Crippen molar-refractivity contribution in [1.82, 2.24) is 14.8 Å². The number of aryl methyl sites for hydroxylation is 3. The van der Waals surface area contributed by atoms with Gasteiger partial charge in [-0.15, -0.1) is 0 Å². The second-order valence-electron chi connectivity index (χ2n) is 7.16. The number of aromatic nitrogens is 3. The summed E-state index contributed by atoms with van der Waals surface area (Å²) in [6, 6.07) is 15.0. The minimum atomic E-state index is -0.200. The van der Waals surface area contributed by atoms with Crippen molar-refractivity contribution < 1.29 is 4.79 Å². The minimum absolute atomic E-state index is 0.200. The first-order valence-corrected chi connectivity index (χ1v) is 9.71. The van der Waals surface area contributed by atoms with Crippen molar-refractivity contribution in [3.8, 4) is 11.3 Å². The number of halogens is 1. The molecular weight excluding hydrogens is 384 g/mol. The number of hydrogen-bond donors (Lipinski definition) is 1. The number of hydrogen-bond acceptors (Lipinski definition) is 3. The van der Waals surface area contributed by atoms with E-state index in [2.05, 4.69) is 10.4 Å². The number of benzene rings is 2. The predicted molar refractivity (Wildman–Crippen MR) is 118 cm³/mol. The predicted octanol–water partition coefficient (Wildman–Crippen LogP) is 5.47. The second kappa shape index (κ2) is 7.33. The van der Waals surface area contributed by atoms with E-state index in [1.54, 1.807) is 12.1 Å². The SMILES string of the molecule is Cc1ccc(Cl)cc1NC(=O)c1cc(-c2c(C)nn(C)c2C)nc2ccccc12. The van der Waals surface area contributed by atoms with Gasteiger partial charge in [0.25, 0.3) is 5.91 Å². The molecule has 0 aliphatic carbocycles. The minimum Gasteiger partial charge on any atom is -0.322 e. The molecule has 4 aromatic rings. The third-order valence-corrected chi connectivity index (χ3v) is 5.41. The van der Waals surface area contributed by atoms with Crippen molar-refractivity contribution >= 4 is 34.1 Å². The molecule has 146 valence electrons. The number of anilines is 1. The van der Waals surface area contributed by atoms with E-state index in [9.17, 15) is 4.79 Å². The molecule has 0 atom stereocenters. The fourth-order valence-corrected chi connectivity index (χ4v) is 3.73. The normalized spacial score (nSPS) is 11.1. The van der Waals surface area contributed by atoms with Gasteiger partial charge in [-0.05, 0) is 50.6 Å². The third kappa shape index (κ3) is 3.49. The van der Waals surface area contributed by atoms with Crippen LogP contribution >= 0.6 is 11.6 Å². The number of rotatable bonds is 3. The zero-order valence-corrected chi connectivity index (χ0v) is 17.5. The average Bonchev–Trinajstić information content (AvgIpc) is 2.95. The molecule has 0 spiro atoms. The average molecular weight is 405 g/mol. The van der Waals surface area contributed by atoms with Crippen LogP contribution in [0, 0.1) is 20.8 Å². The van der Waals surface area contributed by atoms with Crippen LogP contribution in [-0.4, -0.2) is 20.7 Å². The van der Waals surface area contributed by atoms with Crippen LogP contribution in [0.4, 0.5) is 5.69 Å². The van der Waals surface area contributed by atoms with Crippen LogP contribution in [0.25, 0.3) is 22.2 Å². The molecule has 2 heterocycles. The monoisotopic (exact) mass is 404 g/mol. The first-order valence-electron chi connectivity index (χ1n) is 9.33. The van der Waals surface area contributed by atoms with Crippen LogP contribution in [0.2, 0.25) is 5.02 Å². The molecule has 0 aliphatic rings. The Morgan fingerprint density at radius 3 is 2.55 bits per heavy atom. The molecule has 1 N–H and O–H groups in total. The van der Waals surface area contributed by atoms with Gasteiger partial charge in [-0.3, -0.25) is 9.48 Å². The van der Waals surface area contributed by atoms with Crippen molar-refractivity contribution in [2.24, 2.45) is 7.05 Å². The number of nitrogens with one attached hydrogen (secondary N) is 1. The molecule has 0 saturated carbocycles. The molecule has 0 saturated heterocycles. The van der Waals surface area contributed by atoms with Gasteiger partial charge in [0.15, 0.2) is 0 Å². The summed E-state index contributed by atoms with van der Waals surface area (Å²) in [6.45, 7) is 5.89. The van der Waals surface area contributed by atoms with Crippen LogP contribution in [-0.2, 0) is 7.05 Å². The molecule has 6 heteroatoms. The van der Waals surface area contributed by atoms with Crippen molar-refractivity contribution in [2.45, 2.75) is 20.8 Å². The van der Waals surface area contributed by atoms with Gasteiger partial charge in [0.1, 0.15) is 0 Å². The van der Waals surface area contributed by atoms with Gasteiger partial charge in [0.05, 0.1) is 22.5 Å². The van der Waals surface area contributed by atoms with Crippen molar-refractivity contribution in [3.63, 3.8) is 0 Å². The zero-order chi connectivity index (χ0) is 20.7. The summed E-state index contributed by atoms with van der Waals surface area (Å²) >= 11 is 6.11. The number of amides is 1. The van der Waals surface area contributed by atoms with Gasteiger partial charge in [-0.1, -0.05) is 35.9 Å². The lowest BCUT2D eigenvalue weighted by Gasteiger charge is -2.12. The molecule has 2 aromatic heterocycles. The van der Waals surface area contributed by atoms with Gasteiger partial charge in [-0.25, -0.2) is 4.98 Å². The first kappa shape index (κ1) is 19.2. The summed E-state index contributed by atoms with van der Waals surface area (Å²) in [5, 5.41) is 8.87. The van der Waals surface area contributed by atoms with Crippen LogP contribution in [0.3, 0.4) is 0 Å². The Morgan fingerprint density at radius 2 is 1.83 bits per heavy atom. The fraction of sp³-hybridized carbons (Fsp3) is 0.174. The van der Waals surface area contributed by atoms with E-state index >= 15 is 0 Å². The Hall–Kier alpha value is -3.18. The van der Waals surface area contributed by atoms with Gasteiger partial charge in [0.2, 0.25) is 0 Å². The maximum absolute atomic E-state index is 13.2. The van der Waals surface area contributed by atoms with E-state index in [0.717, 1.165) is 39.1 Å². The van der Waals surface area contributed by atoms with Crippen LogP contribution in [0.15, 0.2) is 48.5 Å².